The van der Waals surface area contributed by atoms with E-state index in [1.807, 2.05) is 12.1 Å². The Morgan fingerprint density at radius 2 is 2.10 bits per heavy atom. The number of rotatable bonds is 5. The Balaban J connectivity index is 2.11. The third-order valence-corrected chi connectivity index (χ3v) is 4.04. The van der Waals surface area contributed by atoms with Gasteiger partial charge in [-0.15, -0.1) is 0 Å². The van der Waals surface area contributed by atoms with Crippen LogP contribution in [0.4, 0.5) is 5.69 Å². The van der Waals surface area contributed by atoms with E-state index in [9.17, 15) is 4.79 Å². The third kappa shape index (κ3) is 3.14. The number of anilines is 1. The second-order valence-electron chi connectivity index (χ2n) is 5.84. The van der Waals surface area contributed by atoms with Crippen LogP contribution in [-0.2, 0) is 4.79 Å². The Morgan fingerprint density at radius 3 is 2.70 bits per heavy atom. The molecule has 1 aromatic rings. The normalized spacial score (nSPS) is 19.4. The number of nitrogens with one attached hydrogen (secondary N) is 2. The first kappa shape index (κ1) is 15.3. The maximum Gasteiger partial charge on any atom is 0.246 e. The van der Waals surface area contributed by atoms with Crippen molar-refractivity contribution in [3.63, 3.8) is 0 Å². The van der Waals surface area contributed by atoms with Crippen molar-refractivity contribution in [3.05, 3.63) is 28.8 Å². The predicted octanol–water partition coefficient (Wildman–Crippen LogP) is 2.51. The summed E-state index contributed by atoms with van der Waals surface area (Å²) >= 11 is 6.02. The van der Waals surface area contributed by atoms with Gasteiger partial charge in [0.2, 0.25) is 5.91 Å². The Bertz CT molecular complexity index is 494. The van der Waals surface area contributed by atoms with E-state index in [0.29, 0.717) is 17.0 Å². The summed E-state index contributed by atoms with van der Waals surface area (Å²) in [6.45, 7) is 5.13. The van der Waals surface area contributed by atoms with E-state index in [0.717, 1.165) is 17.8 Å². The number of carbonyl (C=O) groups is 1. The fraction of sp³-hybridized carbons (Fsp3) is 0.533. The molecule has 2 unspecified atom stereocenters. The van der Waals surface area contributed by atoms with Crippen molar-refractivity contribution in [1.29, 1.82) is 0 Å². The monoisotopic (exact) mass is 295 g/mol. The largest absolute Gasteiger partial charge is 0.324 e. The van der Waals surface area contributed by atoms with Crippen LogP contribution in [0.3, 0.4) is 0 Å². The van der Waals surface area contributed by atoms with Gasteiger partial charge in [-0.05, 0) is 38.2 Å². The quantitative estimate of drug-likeness (QED) is 0.877. The van der Waals surface area contributed by atoms with Crippen LogP contribution in [0.5, 0.6) is 0 Å². The molecule has 5 heteroatoms. The molecule has 1 amide bonds. The molecule has 2 N–H and O–H groups in total. The minimum atomic E-state index is -0.315. The van der Waals surface area contributed by atoms with Crippen molar-refractivity contribution in [2.75, 3.05) is 26.0 Å². The fourth-order valence-corrected chi connectivity index (χ4v) is 2.87. The zero-order valence-corrected chi connectivity index (χ0v) is 13.2. The lowest BCUT2D eigenvalue weighted by molar-refractivity contribution is -0.117. The number of nitrogens with zero attached hydrogens (tertiary/aromatic N) is 1. The molecule has 1 heterocycles. The van der Waals surface area contributed by atoms with Gasteiger partial charge in [0, 0.05) is 28.9 Å². The summed E-state index contributed by atoms with van der Waals surface area (Å²) in [5.74, 6) is 0.504. The van der Waals surface area contributed by atoms with E-state index < -0.39 is 0 Å². The maximum atomic E-state index is 12.1. The van der Waals surface area contributed by atoms with Gasteiger partial charge in [-0.2, -0.15) is 0 Å². The van der Waals surface area contributed by atoms with E-state index in [4.69, 9.17) is 11.6 Å². The Hall–Kier alpha value is -1.10. The van der Waals surface area contributed by atoms with Gasteiger partial charge < -0.3 is 15.5 Å². The van der Waals surface area contributed by atoms with Crippen molar-refractivity contribution < 1.29 is 4.79 Å². The van der Waals surface area contributed by atoms with Gasteiger partial charge in [-0.25, -0.2) is 0 Å². The highest BCUT2D eigenvalue weighted by molar-refractivity contribution is 6.31. The molecule has 0 bridgehead atoms. The predicted molar refractivity (Wildman–Crippen MR) is 83.1 cm³/mol. The fourth-order valence-electron chi connectivity index (χ4n) is 2.69. The number of halogens is 1. The number of benzene rings is 1. The van der Waals surface area contributed by atoms with Crippen molar-refractivity contribution >= 4 is 23.2 Å². The lowest BCUT2D eigenvalue weighted by atomic mass is 10.0. The molecular formula is C15H22ClN3O. The second kappa shape index (κ2) is 6.12. The highest BCUT2D eigenvalue weighted by atomic mass is 35.5. The molecule has 0 spiro atoms. The zero-order chi connectivity index (χ0) is 14.9. The lowest BCUT2D eigenvalue weighted by Gasteiger charge is -2.29. The smallest absolute Gasteiger partial charge is 0.246 e. The average Bonchev–Trinajstić information content (AvgIpc) is 2.65. The van der Waals surface area contributed by atoms with E-state index in [1.54, 1.807) is 6.07 Å². The first-order chi connectivity index (χ1) is 9.40. The molecule has 0 aliphatic carbocycles. The third-order valence-electron chi connectivity index (χ3n) is 3.81. The lowest BCUT2D eigenvalue weighted by Crippen LogP contribution is -2.43. The van der Waals surface area contributed by atoms with Gasteiger partial charge in [0.1, 0.15) is 6.04 Å². The molecule has 20 heavy (non-hydrogen) atoms. The molecule has 0 radical (unpaired) electrons. The van der Waals surface area contributed by atoms with Gasteiger partial charge in [0.15, 0.2) is 0 Å². The molecule has 1 aliphatic rings. The zero-order valence-electron chi connectivity index (χ0n) is 12.4. The Kier molecular flexibility index (Phi) is 4.68. The van der Waals surface area contributed by atoms with Crippen LogP contribution in [0, 0.1) is 5.92 Å². The number of amides is 1. The Labute approximate surface area is 125 Å². The van der Waals surface area contributed by atoms with Crippen molar-refractivity contribution in [1.82, 2.24) is 10.2 Å². The van der Waals surface area contributed by atoms with Crippen LogP contribution in [0.2, 0.25) is 5.02 Å². The summed E-state index contributed by atoms with van der Waals surface area (Å²) in [6, 6.07) is 5.56. The molecule has 4 nitrogen and oxygen atoms in total. The van der Waals surface area contributed by atoms with Gasteiger partial charge in [0.25, 0.3) is 0 Å². The van der Waals surface area contributed by atoms with E-state index in [-0.39, 0.29) is 11.9 Å². The molecular weight excluding hydrogens is 274 g/mol. The summed E-state index contributed by atoms with van der Waals surface area (Å²) in [5.41, 5.74) is 1.78. The van der Waals surface area contributed by atoms with Crippen LogP contribution in [-0.4, -0.2) is 37.5 Å². The first-order valence-electron chi connectivity index (χ1n) is 6.90. The van der Waals surface area contributed by atoms with E-state index in [2.05, 4.69) is 43.5 Å². The van der Waals surface area contributed by atoms with Gasteiger partial charge in [0.05, 0.1) is 0 Å². The highest BCUT2D eigenvalue weighted by Gasteiger charge is 2.31. The average molecular weight is 296 g/mol. The number of fused-ring (bicyclic) bond motifs is 1. The number of likely N-dealkylation sites (N-methyl/N-ethyl adjacent to an activating group) is 1. The number of carbonyl (C=O) groups excluding carboxylic acids is 1. The van der Waals surface area contributed by atoms with Crippen LogP contribution in [0.1, 0.15) is 25.5 Å². The molecule has 110 valence electrons. The van der Waals surface area contributed by atoms with Gasteiger partial charge >= 0.3 is 0 Å². The summed E-state index contributed by atoms with van der Waals surface area (Å²) in [7, 11) is 4.12. The highest BCUT2D eigenvalue weighted by Crippen LogP contribution is 2.32. The number of hydrogen-bond donors (Lipinski definition) is 2. The molecule has 0 saturated heterocycles. The SMILES string of the molecule is CC(C)C(CNC1C(=O)Nc2ccc(Cl)cc21)N(C)C. The molecule has 1 aromatic carbocycles. The topological polar surface area (TPSA) is 44.4 Å². The van der Waals surface area contributed by atoms with E-state index in [1.165, 1.54) is 0 Å². The molecule has 1 aliphatic heterocycles. The minimum Gasteiger partial charge on any atom is -0.324 e. The maximum absolute atomic E-state index is 12.1. The van der Waals surface area contributed by atoms with Crippen molar-refractivity contribution in [2.24, 2.45) is 5.92 Å². The molecule has 2 atom stereocenters. The summed E-state index contributed by atoms with van der Waals surface area (Å²) < 4.78 is 0. The summed E-state index contributed by atoms with van der Waals surface area (Å²) in [6.07, 6.45) is 0. The van der Waals surface area contributed by atoms with Crippen LogP contribution in [0.15, 0.2) is 18.2 Å². The standard InChI is InChI=1S/C15H22ClN3O/c1-9(2)13(19(3)4)8-17-14-11-7-10(16)5-6-12(11)18-15(14)20/h5-7,9,13-14,17H,8H2,1-4H3,(H,18,20). The van der Waals surface area contributed by atoms with Crippen LogP contribution < -0.4 is 10.6 Å². The van der Waals surface area contributed by atoms with Gasteiger partial charge in [-0.3, -0.25) is 4.79 Å². The van der Waals surface area contributed by atoms with Crippen molar-refractivity contribution in [3.8, 4) is 0 Å². The van der Waals surface area contributed by atoms with Crippen LogP contribution in [0.25, 0.3) is 0 Å². The van der Waals surface area contributed by atoms with Gasteiger partial charge in [-0.1, -0.05) is 25.4 Å². The first-order valence-corrected chi connectivity index (χ1v) is 7.28. The Morgan fingerprint density at radius 1 is 1.40 bits per heavy atom. The molecule has 0 saturated carbocycles. The minimum absolute atomic E-state index is 0.0106. The van der Waals surface area contributed by atoms with Crippen molar-refractivity contribution in [2.45, 2.75) is 25.9 Å². The molecule has 0 fully saturated rings. The second-order valence-corrected chi connectivity index (χ2v) is 6.27. The molecule has 2 rings (SSSR count). The summed E-state index contributed by atoms with van der Waals surface area (Å²) in [4.78, 5) is 14.2. The van der Waals surface area contributed by atoms with E-state index >= 15 is 0 Å². The summed E-state index contributed by atoms with van der Waals surface area (Å²) in [5, 5.41) is 6.90. The number of hydrogen-bond acceptors (Lipinski definition) is 3. The molecule has 0 aromatic heterocycles. The van der Waals surface area contributed by atoms with Crippen LogP contribution >= 0.6 is 11.6 Å².